The van der Waals surface area contributed by atoms with Crippen LogP contribution in [0.4, 0.5) is 0 Å². The molecular formula is C20H26ClN3O3. The summed E-state index contributed by atoms with van der Waals surface area (Å²) in [7, 11) is 3.86. The highest BCUT2D eigenvalue weighted by Crippen LogP contribution is 2.25. The van der Waals surface area contributed by atoms with E-state index < -0.39 is 11.9 Å². The fourth-order valence-corrected chi connectivity index (χ4v) is 3.04. The molecular weight excluding hydrogens is 366 g/mol. The van der Waals surface area contributed by atoms with Gasteiger partial charge in [0.1, 0.15) is 6.04 Å². The van der Waals surface area contributed by atoms with Gasteiger partial charge in [-0.25, -0.2) is 0 Å². The fourth-order valence-electron chi connectivity index (χ4n) is 2.78. The van der Waals surface area contributed by atoms with Crippen molar-refractivity contribution in [2.75, 3.05) is 20.6 Å². The number of carbonyl (C=O) groups excluding carboxylic acids is 2. The summed E-state index contributed by atoms with van der Waals surface area (Å²) < 4.78 is 5.09. The van der Waals surface area contributed by atoms with Gasteiger partial charge in [0.25, 0.3) is 5.91 Å². The summed E-state index contributed by atoms with van der Waals surface area (Å²) in [6, 6.07) is 9.99. The van der Waals surface area contributed by atoms with Crippen molar-refractivity contribution in [1.29, 1.82) is 0 Å². The molecule has 7 heteroatoms. The van der Waals surface area contributed by atoms with Crippen molar-refractivity contribution in [2.24, 2.45) is 5.92 Å². The molecule has 0 fully saturated rings. The summed E-state index contributed by atoms with van der Waals surface area (Å²) in [5.74, 6) is -0.564. The molecule has 0 bridgehead atoms. The van der Waals surface area contributed by atoms with E-state index in [1.807, 2.05) is 57.1 Å². The molecule has 27 heavy (non-hydrogen) atoms. The van der Waals surface area contributed by atoms with Crippen molar-refractivity contribution in [3.8, 4) is 0 Å². The first-order valence-corrected chi connectivity index (χ1v) is 9.22. The number of carbonyl (C=O) groups is 2. The summed E-state index contributed by atoms with van der Waals surface area (Å²) >= 11 is 6.31. The zero-order valence-corrected chi connectivity index (χ0v) is 16.8. The van der Waals surface area contributed by atoms with Crippen LogP contribution in [0.1, 0.15) is 36.0 Å². The van der Waals surface area contributed by atoms with E-state index in [2.05, 4.69) is 10.6 Å². The minimum atomic E-state index is -0.670. The molecule has 1 aromatic carbocycles. The molecule has 6 nitrogen and oxygen atoms in total. The maximum Gasteiger partial charge on any atom is 0.287 e. The van der Waals surface area contributed by atoms with Gasteiger partial charge in [-0.15, -0.1) is 0 Å². The van der Waals surface area contributed by atoms with Gasteiger partial charge in [-0.05, 0) is 43.8 Å². The molecule has 2 amide bonds. The lowest BCUT2D eigenvalue weighted by molar-refractivity contribution is -0.124. The lowest BCUT2D eigenvalue weighted by atomic mass is 10.0. The van der Waals surface area contributed by atoms with Gasteiger partial charge < -0.3 is 20.0 Å². The molecule has 0 saturated carbocycles. The Balaban J connectivity index is 2.05. The van der Waals surface area contributed by atoms with Crippen molar-refractivity contribution in [1.82, 2.24) is 15.5 Å². The van der Waals surface area contributed by atoms with E-state index in [0.717, 1.165) is 5.56 Å². The van der Waals surface area contributed by atoms with Crippen molar-refractivity contribution in [3.05, 3.63) is 59.0 Å². The minimum Gasteiger partial charge on any atom is -0.459 e. The number of amides is 2. The van der Waals surface area contributed by atoms with Crippen LogP contribution in [0.2, 0.25) is 5.02 Å². The van der Waals surface area contributed by atoms with Crippen LogP contribution < -0.4 is 10.6 Å². The SMILES string of the molecule is CC(C)C(NC(=O)c1ccco1)C(=O)NCC(c1ccccc1Cl)N(C)C. The van der Waals surface area contributed by atoms with Gasteiger partial charge in [-0.2, -0.15) is 0 Å². The van der Waals surface area contributed by atoms with Crippen molar-refractivity contribution in [3.63, 3.8) is 0 Å². The number of nitrogens with one attached hydrogen (secondary N) is 2. The maximum atomic E-state index is 12.7. The number of benzene rings is 1. The van der Waals surface area contributed by atoms with E-state index in [-0.39, 0.29) is 23.6 Å². The van der Waals surface area contributed by atoms with Gasteiger partial charge in [0.15, 0.2) is 5.76 Å². The van der Waals surface area contributed by atoms with Crippen LogP contribution in [0.5, 0.6) is 0 Å². The Morgan fingerprint density at radius 1 is 1.15 bits per heavy atom. The Hall–Kier alpha value is -2.31. The van der Waals surface area contributed by atoms with Crippen LogP contribution in [0, 0.1) is 5.92 Å². The summed E-state index contributed by atoms with van der Waals surface area (Å²) in [5.41, 5.74) is 0.935. The Morgan fingerprint density at radius 3 is 2.41 bits per heavy atom. The normalized spacial score (nSPS) is 13.4. The van der Waals surface area contributed by atoms with Gasteiger partial charge in [0.05, 0.1) is 12.3 Å². The predicted molar refractivity (Wildman–Crippen MR) is 106 cm³/mol. The monoisotopic (exact) mass is 391 g/mol. The Bertz CT molecular complexity index is 760. The first-order chi connectivity index (χ1) is 12.8. The lowest BCUT2D eigenvalue weighted by Gasteiger charge is -2.28. The third kappa shape index (κ3) is 5.58. The predicted octanol–water partition coefficient (Wildman–Crippen LogP) is 3.11. The second kappa shape index (κ2) is 9.58. The number of hydrogen-bond acceptors (Lipinski definition) is 4. The Kier molecular flexibility index (Phi) is 7.45. The molecule has 0 aliphatic carbocycles. The molecule has 0 aliphatic heterocycles. The van der Waals surface area contributed by atoms with E-state index in [9.17, 15) is 9.59 Å². The van der Waals surface area contributed by atoms with Gasteiger partial charge >= 0.3 is 0 Å². The number of halogens is 1. The molecule has 0 radical (unpaired) electrons. The summed E-state index contributed by atoms with van der Waals surface area (Å²) in [6.45, 7) is 4.13. The first-order valence-electron chi connectivity index (χ1n) is 8.84. The van der Waals surface area contributed by atoms with Crippen molar-refractivity contribution in [2.45, 2.75) is 25.9 Å². The average Bonchev–Trinajstić information content (AvgIpc) is 3.15. The second-order valence-corrected chi connectivity index (χ2v) is 7.33. The molecule has 146 valence electrons. The molecule has 2 rings (SSSR count). The topological polar surface area (TPSA) is 74.6 Å². The Morgan fingerprint density at radius 2 is 1.85 bits per heavy atom. The lowest BCUT2D eigenvalue weighted by Crippen LogP contribution is -2.51. The smallest absolute Gasteiger partial charge is 0.287 e. The van der Waals surface area contributed by atoms with Crippen LogP contribution >= 0.6 is 11.6 Å². The fraction of sp³-hybridized carbons (Fsp3) is 0.400. The highest BCUT2D eigenvalue weighted by Gasteiger charge is 2.27. The zero-order chi connectivity index (χ0) is 20.0. The number of likely N-dealkylation sites (N-methyl/N-ethyl adjacent to an activating group) is 1. The van der Waals surface area contributed by atoms with Crippen molar-refractivity contribution >= 4 is 23.4 Å². The molecule has 2 N–H and O–H groups in total. The van der Waals surface area contributed by atoms with Crippen LogP contribution in [-0.2, 0) is 4.79 Å². The molecule has 1 heterocycles. The van der Waals surface area contributed by atoms with E-state index in [1.165, 1.54) is 6.26 Å². The highest BCUT2D eigenvalue weighted by molar-refractivity contribution is 6.31. The van der Waals surface area contributed by atoms with Crippen LogP contribution in [0.25, 0.3) is 0 Å². The molecule has 0 aliphatic rings. The van der Waals surface area contributed by atoms with Gasteiger partial charge in [0.2, 0.25) is 5.91 Å². The van der Waals surface area contributed by atoms with Gasteiger partial charge in [-0.3, -0.25) is 9.59 Å². The summed E-state index contributed by atoms with van der Waals surface area (Å²) in [5, 5.41) is 6.33. The standard InChI is InChI=1S/C20H26ClN3O3/c1-13(2)18(23-19(25)17-10-7-11-27-17)20(26)22-12-16(24(3)4)14-8-5-6-9-15(14)21/h5-11,13,16,18H,12H2,1-4H3,(H,22,26)(H,23,25). The third-order valence-corrected chi connectivity index (χ3v) is 4.68. The van der Waals surface area contributed by atoms with Crippen molar-refractivity contribution < 1.29 is 14.0 Å². The molecule has 1 aromatic heterocycles. The highest BCUT2D eigenvalue weighted by atomic mass is 35.5. The molecule has 2 aromatic rings. The zero-order valence-electron chi connectivity index (χ0n) is 16.0. The molecule has 0 spiro atoms. The summed E-state index contributed by atoms with van der Waals surface area (Å²) in [4.78, 5) is 26.9. The van der Waals surface area contributed by atoms with Crippen LogP contribution in [-0.4, -0.2) is 43.4 Å². The van der Waals surface area contributed by atoms with Crippen LogP contribution in [0.15, 0.2) is 47.1 Å². The van der Waals surface area contributed by atoms with Gasteiger partial charge in [-0.1, -0.05) is 43.6 Å². The van der Waals surface area contributed by atoms with E-state index in [0.29, 0.717) is 11.6 Å². The number of furan rings is 1. The van der Waals surface area contributed by atoms with Crippen LogP contribution in [0.3, 0.4) is 0 Å². The third-order valence-electron chi connectivity index (χ3n) is 4.34. The van der Waals surface area contributed by atoms with Gasteiger partial charge in [0, 0.05) is 11.6 Å². The second-order valence-electron chi connectivity index (χ2n) is 6.92. The molecule has 0 saturated heterocycles. The number of hydrogen-bond donors (Lipinski definition) is 2. The summed E-state index contributed by atoms with van der Waals surface area (Å²) in [6.07, 6.45) is 1.42. The molecule has 2 atom stereocenters. The number of rotatable bonds is 8. The average molecular weight is 392 g/mol. The molecule has 2 unspecified atom stereocenters. The maximum absolute atomic E-state index is 12.7. The Labute approximate surface area is 164 Å². The minimum absolute atomic E-state index is 0.0815. The van der Waals surface area contributed by atoms with E-state index >= 15 is 0 Å². The number of nitrogens with zero attached hydrogens (tertiary/aromatic N) is 1. The van der Waals surface area contributed by atoms with E-state index in [4.69, 9.17) is 16.0 Å². The quantitative estimate of drug-likeness (QED) is 0.725. The van der Waals surface area contributed by atoms with E-state index in [1.54, 1.807) is 12.1 Å². The first kappa shape index (κ1) is 21.0. The largest absolute Gasteiger partial charge is 0.459 e.